The molecule has 0 fully saturated rings. The maximum atomic E-state index is 11.6. The Morgan fingerprint density at radius 3 is 2.22 bits per heavy atom. The lowest BCUT2D eigenvalue weighted by Crippen LogP contribution is -2.47. The second-order valence-corrected chi connectivity index (χ2v) is 5.99. The van der Waals surface area contributed by atoms with Gasteiger partial charge < -0.3 is 9.84 Å². The zero-order chi connectivity index (χ0) is 14.3. The van der Waals surface area contributed by atoms with Crippen LogP contribution in [-0.2, 0) is 14.9 Å². The van der Waals surface area contributed by atoms with Gasteiger partial charge in [-0.3, -0.25) is 0 Å². The number of amides is 1. The van der Waals surface area contributed by atoms with Crippen LogP contribution >= 0.6 is 0 Å². The highest BCUT2D eigenvalue weighted by Crippen LogP contribution is 2.06. The van der Waals surface area contributed by atoms with Crippen molar-refractivity contribution >= 4 is 16.3 Å². The van der Waals surface area contributed by atoms with E-state index in [-0.39, 0.29) is 18.9 Å². The van der Waals surface area contributed by atoms with Gasteiger partial charge in [-0.15, -0.1) is 0 Å². The molecule has 3 N–H and O–H groups in total. The zero-order valence-corrected chi connectivity index (χ0v) is 12.0. The largest absolute Gasteiger partial charge is 0.446 e. The third-order valence-electron chi connectivity index (χ3n) is 2.11. The van der Waals surface area contributed by atoms with Crippen molar-refractivity contribution in [2.45, 2.75) is 46.3 Å². The average molecular weight is 282 g/mol. The summed E-state index contributed by atoms with van der Waals surface area (Å²) in [6, 6.07) is -0.445. The van der Waals surface area contributed by atoms with Crippen molar-refractivity contribution in [3.63, 3.8) is 0 Å². The number of aliphatic hydroxyl groups is 1. The first-order chi connectivity index (χ1) is 8.18. The number of aliphatic hydroxyl groups excluding tert-OH is 1. The molecule has 0 saturated heterocycles. The summed E-state index contributed by atoms with van der Waals surface area (Å²) in [5.41, 5.74) is 0. The van der Waals surface area contributed by atoms with Crippen LogP contribution in [0.15, 0.2) is 0 Å². The summed E-state index contributed by atoms with van der Waals surface area (Å²) in [7, 11) is -3.98. The summed E-state index contributed by atoms with van der Waals surface area (Å²) in [6.45, 7) is 6.72. The third-order valence-corrected chi connectivity index (χ3v) is 3.16. The predicted molar refractivity (Wildman–Crippen MR) is 67.1 cm³/mol. The Hall–Kier alpha value is -0.860. The minimum Gasteiger partial charge on any atom is -0.446 e. The fourth-order valence-electron chi connectivity index (χ4n) is 1.24. The lowest BCUT2D eigenvalue weighted by molar-refractivity contribution is 0.121. The van der Waals surface area contributed by atoms with E-state index in [1.54, 1.807) is 18.6 Å². The number of ether oxygens (including phenoxy) is 1. The molecular formula is C10H22N2O5S. The molecule has 0 aromatic carbocycles. The number of hydrogen-bond donors (Lipinski definition) is 3. The van der Waals surface area contributed by atoms with Crippen LogP contribution in [0, 0.1) is 5.92 Å². The Bertz CT molecular complexity index is 353. The van der Waals surface area contributed by atoms with Crippen molar-refractivity contribution in [1.82, 2.24) is 9.44 Å². The summed E-state index contributed by atoms with van der Waals surface area (Å²) < 4.78 is 31.9. The summed E-state index contributed by atoms with van der Waals surface area (Å²) in [4.78, 5) is 11.2. The molecule has 0 aromatic heterocycles. The number of carbonyl (C=O) groups excluding carboxylic acids is 1. The van der Waals surface area contributed by atoms with Gasteiger partial charge in [0, 0.05) is 12.6 Å². The standard InChI is InChI=1S/C10H22N2O5S/c1-7(2)9(5-6-13)11-18(15,16)12-10(14)17-8(3)4/h7-9,11,13H,5-6H2,1-4H3,(H,12,14). The maximum Gasteiger partial charge on any atom is 0.422 e. The van der Waals surface area contributed by atoms with Crippen LogP contribution in [0.2, 0.25) is 0 Å². The normalized spacial score (nSPS) is 13.7. The molecule has 0 aliphatic rings. The van der Waals surface area contributed by atoms with Crippen LogP contribution in [0.25, 0.3) is 0 Å². The van der Waals surface area contributed by atoms with E-state index in [1.165, 1.54) is 0 Å². The van der Waals surface area contributed by atoms with Gasteiger partial charge in [0.1, 0.15) is 0 Å². The Morgan fingerprint density at radius 2 is 1.83 bits per heavy atom. The topological polar surface area (TPSA) is 105 Å². The van der Waals surface area contributed by atoms with Crippen LogP contribution in [0.1, 0.15) is 34.1 Å². The first kappa shape index (κ1) is 17.1. The van der Waals surface area contributed by atoms with Crippen LogP contribution in [-0.4, -0.2) is 38.4 Å². The van der Waals surface area contributed by atoms with Crippen molar-refractivity contribution < 1.29 is 23.1 Å². The molecule has 0 aliphatic carbocycles. The fourth-order valence-corrected chi connectivity index (χ4v) is 2.36. The van der Waals surface area contributed by atoms with E-state index in [9.17, 15) is 13.2 Å². The first-order valence-corrected chi connectivity index (χ1v) is 7.27. The summed E-state index contributed by atoms with van der Waals surface area (Å²) >= 11 is 0. The highest BCUT2D eigenvalue weighted by Gasteiger charge is 2.22. The van der Waals surface area contributed by atoms with E-state index in [0.29, 0.717) is 0 Å². The van der Waals surface area contributed by atoms with E-state index >= 15 is 0 Å². The number of hydrogen-bond acceptors (Lipinski definition) is 5. The molecule has 1 amide bonds. The average Bonchev–Trinajstić information content (AvgIpc) is 2.13. The highest BCUT2D eigenvalue weighted by molar-refractivity contribution is 7.88. The summed E-state index contributed by atoms with van der Waals surface area (Å²) in [5.74, 6) is -0.00477. The van der Waals surface area contributed by atoms with Crippen LogP contribution in [0.3, 0.4) is 0 Å². The van der Waals surface area contributed by atoms with Crippen LogP contribution in [0.5, 0.6) is 0 Å². The molecule has 108 valence electrons. The van der Waals surface area contributed by atoms with Gasteiger partial charge in [-0.1, -0.05) is 13.8 Å². The SMILES string of the molecule is CC(C)OC(=O)NS(=O)(=O)NC(CCO)C(C)C. The van der Waals surface area contributed by atoms with Gasteiger partial charge in [0.05, 0.1) is 6.10 Å². The number of rotatable bonds is 7. The molecule has 0 heterocycles. The molecule has 8 heteroatoms. The molecule has 0 saturated carbocycles. The first-order valence-electron chi connectivity index (χ1n) is 5.79. The van der Waals surface area contributed by atoms with Crippen molar-refractivity contribution in [3.8, 4) is 0 Å². The van der Waals surface area contributed by atoms with Gasteiger partial charge in [0.25, 0.3) is 0 Å². The molecule has 0 aromatic rings. The Labute approximate surface area is 108 Å². The van der Waals surface area contributed by atoms with Gasteiger partial charge >= 0.3 is 16.3 Å². The molecular weight excluding hydrogens is 260 g/mol. The predicted octanol–water partition coefficient (Wildman–Crippen LogP) is 0.362. The molecule has 0 radical (unpaired) electrons. The molecule has 0 rings (SSSR count). The molecule has 0 spiro atoms. The molecule has 1 atom stereocenters. The van der Waals surface area contributed by atoms with Gasteiger partial charge in [0.15, 0.2) is 0 Å². The van der Waals surface area contributed by atoms with Crippen molar-refractivity contribution in [3.05, 3.63) is 0 Å². The van der Waals surface area contributed by atoms with Crippen molar-refractivity contribution in [2.75, 3.05) is 6.61 Å². The monoisotopic (exact) mass is 282 g/mol. The highest BCUT2D eigenvalue weighted by atomic mass is 32.2. The number of nitrogens with one attached hydrogen (secondary N) is 2. The second kappa shape index (κ2) is 7.55. The van der Waals surface area contributed by atoms with E-state index < -0.39 is 28.4 Å². The van der Waals surface area contributed by atoms with Gasteiger partial charge in [-0.25, -0.2) is 9.52 Å². The van der Waals surface area contributed by atoms with E-state index in [1.807, 2.05) is 13.8 Å². The minimum absolute atomic E-state index is 0.00477. The fraction of sp³-hybridized carbons (Fsp3) is 0.900. The van der Waals surface area contributed by atoms with Crippen LogP contribution < -0.4 is 9.44 Å². The Balaban J connectivity index is 4.49. The van der Waals surface area contributed by atoms with Gasteiger partial charge in [-0.05, 0) is 26.2 Å². The van der Waals surface area contributed by atoms with E-state index in [2.05, 4.69) is 9.46 Å². The maximum absolute atomic E-state index is 11.6. The molecule has 7 nitrogen and oxygen atoms in total. The van der Waals surface area contributed by atoms with E-state index in [4.69, 9.17) is 5.11 Å². The summed E-state index contributed by atoms with van der Waals surface area (Å²) in [5, 5.41) is 8.84. The Morgan fingerprint density at radius 1 is 1.28 bits per heavy atom. The minimum atomic E-state index is -3.98. The molecule has 18 heavy (non-hydrogen) atoms. The lowest BCUT2D eigenvalue weighted by Gasteiger charge is -2.21. The van der Waals surface area contributed by atoms with Crippen molar-refractivity contribution in [2.24, 2.45) is 5.92 Å². The lowest BCUT2D eigenvalue weighted by atomic mass is 10.0. The summed E-state index contributed by atoms with van der Waals surface area (Å²) in [6.07, 6.45) is -1.15. The molecule has 0 bridgehead atoms. The second-order valence-electron chi connectivity index (χ2n) is 4.54. The molecule has 1 unspecified atom stereocenters. The van der Waals surface area contributed by atoms with E-state index in [0.717, 1.165) is 0 Å². The Kier molecular flexibility index (Phi) is 7.19. The quantitative estimate of drug-likeness (QED) is 0.625. The van der Waals surface area contributed by atoms with Crippen molar-refractivity contribution in [1.29, 1.82) is 0 Å². The third kappa shape index (κ3) is 7.46. The molecule has 0 aliphatic heterocycles. The zero-order valence-electron chi connectivity index (χ0n) is 11.1. The van der Waals surface area contributed by atoms with Gasteiger partial charge in [-0.2, -0.15) is 13.1 Å². The van der Waals surface area contributed by atoms with Gasteiger partial charge in [0.2, 0.25) is 0 Å². The van der Waals surface area contributed by atoms with Crippen LogP contribution in [0.4, 0.5) is 4.79 Å². The number of carbonyl (C=O) groups is 1. The smallest absolute Gasteiger partial charge is 0.422 e.